The molecule has 0 bridgehead atoms. The number of rotatable bonds is 4. The fraction of sp³-hybridized carbons (Fsp3) is 0.133. The molecule has 0 atom stereocenters. The summed E-state index contributed by atoms with van der Waals surface area (Å²) in [5, 5.41) is 6.52. The summed E-state index contributed by atoms with van der Waals surface area (Å²) in [7, 11) is 0. The highest BCUT2D eigenvalue weighted by molar-refractivity contribution is 9.10. The third-order valence-electron chi connectivity index (χ3n) is 2.92. The van der Waals surface area contributed by atoms with Gasteiger partial charge < -0.3 is 4.74 Å². The Kier molecular flexibility index (Phi) is 3.51. The molecule has 0 amide bonds. The highest BCUT2D eigenvalue weighted by atomic mass is 79.9. The van der Waals surface area contributed by atoms with Crippen molar-refractivity contribution in [3.05, 3.63) is 59.3 Å². The van der Waals surface area contributed by atoms with Gasteiger partial charge >= 0.3 is 0 Å². The molecule has 0 saturated heterocycles. The zero-order valence-corrected chi connectivity index (χ0v) is 11.9. The van der Waals surface area contributed by atoms with Gasteiger partial charge in [-0.2, -0.15) is 5.10 Å². The van der Waals surface area contributed by atoms with Gasteiger partial charge in [-0.15, -0.1) is 0 Å². The molecule has 19 heavy (non-hydrogen) atoms. The summed E-state index contributed by atoms with van der Waals surface area (Å²) >= 11 is 3.47. The number of ether oxygens (including phenoxy) is 1. The van der Waals surface area contributed by atoms with Crippen molar-refractivity contribution in [1.82, 2.24) is 9.78 Å². The van der Waals surface area contributed by atoms with E-state index in [1.54, 1.807) is 6.20 Å². The van der Waals surface area contributed by atoms with Crippen LogP contribution >= 0.6 is 15.9 Å². The van der Waals surface area contributed by atoms with E-state index in [1.165, 1.54) is 10.8 Å². The van der Waals surface area contributed by atoms with Crippen LogP contribution in [0, 0.1) is 0 Å². The van der Waals surface area contributed by atoms with Crippen LogP contribution in [0.1, 0.15) is 0 Å². The third-order valence-corrected chi connectivity index (χ3v) is 3.42. The van der Waals surface area contributed by atoms with E-state index in [1.807, 2.05) is 29.1 Å². The van der Waals surface area contributed by atoms with Crippen molar-refractivity contribution in [3.8, 4) is 5.75 Å². The van der Waals surface area contributed by atoms with Crippen LogP contribution in [0.4, 0.5) is 0 Å². The number of nitrogens with zero attached hydrogens (tertiary/aromatic N) is 2. The van der Waals surface area contributed by atoms with Gasteiger partial charge in [0.1, 0.15) is 12.4 Å². The van der Waals surface area contributed by atoms with Gasteiger partial charge in [-0.25, -0.2) is 0 Å². The summed E-state index contributed by atoms with van der Waals surface area (Å²) in [6.07, 6.45) is 3.70. The molecule has 96 valence electrons. The zero-order valence-electron chi connectivity index (χ0n) is 10.3. The zero-order chi connectivity index (χ0) is 13.1. The minimum atomic E-state index is 0.615. The highest BCUT2D eigenvalue weighted by Gasteiger charge is 1.99. The van der Waals surface area contributed by atoms with Crippen molar-refractivity contribution < 1.29 is 4.74 Å². The SMILES string of the molecule is Brc1ccc2cc(OCCn3cccn3)ccc2c1. The predicted molar refractivity (Wildman–Crippen MR) is 79.4 cm³/mol. The maximum atomic E-state index is 5.75. The molecule has 2 aromatic carbocycles. The van der Waals surface area contributed by atoms with Crippen LogP contribution in [0.5, 0.6) is 5.75 Å². The molecule has 0 aliphatic heterocycles. The van der Waals surface area contributed by atoms with Crippen molar-refractivity contribution in [2.75, 3.05) is 6.61 Å². The summed E-state index contributed by atoms with van der Waals surface area (Å²) in [6, 6.07) is 14.3. The van der Waals surface area contributed by atoms with Crippen molar-refractivity contribution >= 4 is 26.7 Å². The van der Waals surface area contributed by atoms with Gasteiger partial charge in [-0.3, -0.25) is 4.68 Å². The fourth-order valence-electron chi connectivity index (χ4n) is 1.97. The van der Waals surface area contributed by atoms with Crippen molar-refractivity contribution in [1.29, 1.82) is 0 Å². The molecule has 3 rings (SSSR count). The normalized spacial score (nSPS) is 10.8. The summed E-state index contributed by atoms with van der Waals surface area (Å²) in [6.45, 7) is 1.37. The second-order valence-corrected chi connectivity index (χ2v) is 5.19. The first-order valence-electron chi connectivity index (χ1n) is 6.11. The average molecular weight is 317 g/mol. The average Bonchev–Trinajstić information content (AvgIpc) is 2.92. The van der Waals surface area contributed by atoms with Crippen LogP contribution < -0.4 is 4.74 Å². The molecule has 0 N–H and O–H groups in total. The Morgan fingerprint density at radius 2 is 1.95 bits per heavy atom. The fourth-order valence-corrected chi connectivity index (χ4v) is 2.35. The lowest BCUT2D eigenvalue weighted by Gasteiger charge is -2.07. The molecule has 4 heteroatoms. The van der Waals surface area contributed by atoms with Gasteiger partial charge in [0, 0.05) is 16.9 Å². The maximum Gasteiger partial charge on any atom is 0.120 e. The van der Waals surface area contributed by atoms with Gasteiger partial charge in [-0.05, 0) is 41.1 Å². The molecule has 0 aliphatic rings. The van der Waals surface area contributed by atoms with Gasteiger partial charge in [0.05, 0.1) is 6.54 Å². The van der Waals surface area contributed by atoms with Crippen LogP contribution in [-0.2, 0) is 6.54 Å². The van der Waals surface area contributed by atoms with Gasteiger partial charge in [0.25, 0.3) is 0 Å². The molecule has 3 nitrogen and oxygen atoms in total. The molecular weight excluding hydrogens is 304 g/mol. The van der Waals surface area contributed by atoms with E-state index in [9.17, 15) is 0 Å². The Balaban J connectivity index is 1.69. The Labute approximate surface area is 119 Å². The Morgan fingerprint density at radius 1 is 1.11 bits per heavy atom. The summed E-state index contributed by atoms with van der Waals surface area (Å²) in [5.41, 5.74) is 0. The first-order valence-corrected chi connectivity index (χ1v) is 6.90. The number of aromatic nitrogens is 2. The van der Waals surface area contributed by atoms with E-state index in [-0.39, 0.29) is 0 Å². The quantitative estimate of drug-likeness (QED) is 0.730. The van der Waals surface area contributed by atoms with Crippen LogP contribution in [0.3, 0.4) is 0 Å². The van der Waals surface area contributed by atoms with Crippen LogP contribution in [0.2, 0.25) is 0 Å². The lowest BCUT2D eigenvalue weighted by Crippen LogP contribution is -2.08. The van der Waals surface area contributed by atoms with Crippen LogP contribution in [0.15, 0.2) is 59.3 Å². The lowest BCUT2D eigenvalue weighted by atomic mass is 10.1. The van der Waals surface area contributed by atoms with Crippen molar-refractivity contribution in [3.63, 3.8) is 0 Å². The Bertz CT molecular complexity index is 680. The maximum absolute atomic E-state index is 5.75. The van der Waals surface area contributed by atoms with E-state index in [0.29, 0.717) is 6.61 Å². The van der Waals surface area contributed by atoms with E-state index >= 15 is 0 Å². The smallest absolute Gasteiger partial charge is 0.120 e. The second kappa shape index (κ2) is 5.45. The van der Waals surface area contributed by atoms with Crippen LogP contribution in [-0.4, -0.2) is 16.4 Å². The topological polar surface area (TPSA) is 27.1 Å². The molecule has 0 unspecified atom stereocenters. The minimum absolute atomic E-state index is 0.615. The van der Waals surface area contributed by atoms with Crippen molar-refractivity contribution in [2.24, 2.45) is 0 Å². The molecule has 0 spiro atoms. The molecule has 3 aromatic rings. The van der Waals surface area contributed by atoms with Crippen LogP contribution in [0.25, 0.3) is 10.8 Å². The second-order valence-electron chi connectivity index (χ2n) is 4.27. The first-order chi connectivity index (χ1) is 9.31. The molecule has 0 saturated carbocycles. The van der Waals surface area contributed by atoms with E-state index < -0.39 is 0 Å². The predicted octanol–water partition coefficient (Wildman–Crippen LogP) is 3.88. The summed E-state index contributed by atoms with van der Waals surface area (Å²) in [5.74, 6) is 0.891. The minimum Gasteiger partial charge on any atom is -0.492 e. The van der Waals surface area contributed by atoms with E-state index in [4.69, 9.17) is 4.74 Å². The Morgan fingerprint density at radius 3 is 2.79 bits per heavy atom. The lowest BCUT2D eigenvalue weighted by molar-refractivity contribution is 0.291. The van der Waals surface area contributed by atoms with Gasteiger partial charge in [0.2, 0.25) is 0 Å². The third kappa shape index (κ3) is 2.96. The van der Waals surface area contributed by atoms with Crippen molar-refractivity contribution in [2.45, 2.75) is 6.54 Å². The molecule has 1 heterocycles. The van der Waals surface area contributed by atoms with Gasteiger partial charge in [-0.1, -0.05) is 28.1 Å². The molecule has 0 fully saturated rings. The standard InChI is InChI=1S/C15H13BrN2O/c16-14-4-2-13-11-15(5-3-12(13)10-14)19-9-8-18-7-1-6-17-18/h1-7,10-11H,8-9H2. The number of benzene rings is 2. The first kappa shape index (κ1) is 12.2. The number of halogens is 1. The summed E-state index contributed by atoms with van der Waals surface area (Å²) < 4.78 is 8.69. The number of hydrogen-bond donors (Lipinski definition) is 0. The molecule has 0 aliphatic carbocycles. The van der Waals surface area contributed by atoms with E-state index in [0.717, 1.165) is 16.8 Å². The van der Waals surface area contributed by atoms with Gasteiger partial charge in [0.15, 0.2) is 0 Å². The monoisotopic (exact) mass is 316 g/mol. The highest BCUT2D eigenvalue weighted by Crippen LogP contribution is 2.24. The Hall–Kier alpha value is -1.81. The summed E-state index contributed by atoms with van der Waals surface area (Å²) in [4.78, 5) is 0. The number of hydrogen-bond acceptors (Lipinski definition) is 2. The van der Waals surface area contributed by atoms with E-state index in [2.05, 4.69) is 45.3 Å². The molecular formula is C15H13BrN2O. The molecule has 1 aromatic heterocycles. The largest absolute Gasteiger partial charge is 0.492 e. The number of fused-ring (bicyclic) bond motifs is 1. The molecule has 0 radical (unpaired) electrons.